The molecule has 0 aromatic heterocycles. The maximum absolute atomic E-state index is 12.2. The number of esters is 1. The van der Waals surface area contributed by atoms with Gasteiger partial charge in [-0.3, -0.25) is 4.79 Å². The number of nitrogens with one attached hydrogen (secondary N) is 2. The lowest BCUT2D eigenvalue weighted by Crippen LogP contribution is -2.22. The maximum atomic E-state index is 12.2. The predicted molar refractivity (Wildman–Crippen MR) is 104 cm³/mol. The van der Waals surface area contributed by atoms with Gasteiger partial charge in [0.25, 0.3) is 0 Å². The number of hydrogen-bond acceptors (Lipinski definition) is 6. The molecule has 0 aliphatic heterocycles. The first-order valence-electron chi connectivity index (χ1n) is 8.21. The lowest BCUT2D eigenvalue weighted by Gasteiger charge is -2.13. The number of anilines is 2. The summed E-state index contributed by atoms with van der Waals surface area (Å²) in [6, 6.07) is 9.81. The highest BCUT2D eigenvalue weighted by Crippen LogP contribution is 2.35. The Bertz CT molecular complexity index is 808. The van der Waals surface area contributed by atoms with E-state index in [1.54, 1.807) is 43.3 Å². The van der Waals surface area contributed by atoms with Gasteiger partial charge in [-0.1, -0.05) is 11.6 Å². The van der Waals surface area contributed by atoms with Crippen molar-refractivity contribution < 1.29 is 23.8 Å². The van der Waals surface area contributed by atoms with Crippen molar-refractivity contribution in [3.05, 3.63) is 47.0 Å². The van der Waals surface area contributed by atoms with Gasteiger partial charge in [0.1, 0.15) is 11.5 Å². The summed E-state index contributed by atoms with van der Waals surface area (Å²) >= 11 is 6.09. The third-order valence-corrected chi connectivity index (χ3v) is 3.89. The molecule has 0 bridgehead atoms. The van der Waals surface area contributed by atoms with E-state index in [0.717, 1.165) is 0 Å². The SMILES string of the molecule is CCOC(=O)c1ccc(NCC(=O)Nc2cc(Cl)c(OC)cc2OC)cc1. The van der Waals surface area contributed by atoms with E-state index < -0.39 is 0 Å². The molecule has 1 amide bonds. The number of methoxy groups -OCH3 is 2. The molecule has 0 aliphatic rings. The van der Waals surface area contributed by atoms with Crippen LogP contribution in [0.1, 0.15) is 17.3 Å². The molecule has 2 aromatic rings. The quantitative estimate of drug-likeness (QED) is 0.668. The van der Waals surface area contributed by atoms with Crippen LogP contribution in [0.3, 0.4) is 0 Å². The molecular weight excluding hydrogens is 372 g/mol. The second-order valence-electron chi connectivity index (χ2n) is 5.39. The van der Waals surface area contributed by atoms with Crippen molar-refractivity contribution in [2.24, 2.45) is 0 Å². The molecule has 0 aliphatic carbocycles. The van der Waals surface area contributed by atoms with Crippen LogP contribution in [0.2, 0.25) is 5.02 Å². The Kier molecular flexibility index (Phi) is 7.31. The van der Waals surface area contributed by atoms with E-state index in [0.29, 0.717) is 40.1 Å². The lowest BCUT2D eigenvalue weighted by molar-refractivity contribution is -0.114. The Balaban J connectivity index is 1.96. The number of carbonyl (C=O) groups is 2. The normalized spacial score (nSPS) is 10.1. The van der Waals surface area contributed by atoms with Gasteiger partial charge in [0.05, 0.1) is 43.6 Å². The van der Waals surface area contributed by atoms with Gasteiger partial charge in [-0.2, -0.15) is 0 Å². The van der Waals surface area contributed by atoms with Crippen molar-refractivity contribution in [2.45, 2.75) is 6.92 Å². The summed E-state index contributed by atoms with van der Waals surface area (Å²) in [6.07, 6.45) is 0. The van der Waals surface area contributed by atoms with Gasteiger partial charge in [0, 0.05) is 11.8 Å². The number of halogens is 1. The van der Waals surface area contributed by atoms with E-state index in [1.807, 2.05) is 0 Å². The highest BCUT2D eigenvalue weighted by molar-refractivity contribution is 6.32. The summed E-state index contributed by atoms with van der Waals surface area (Å²) in [5.74, 6) is 0.212. The summed E-state index contributed by atoms with van der Waals surface area (Å²) in [6.45, 7) is 2.08. The first-order chi connectivity index (χ1) is 13.0. The monoisotopic (exact) mass is 392 g/mol. The van der Waals surface area contributed by atoms with Crippen molar-refractivity contribution in [3.8, 4) is 11.5 Å². The Morgan fingerprint density at radius 2 is 1.70 bits per heavy atom. The van der Waals surface area contributed by atoms with Crippen LogP contribution in [-0.2, 0) is 9.53 Å². The largest absolute Gasteiger partial charge is 0.495 e. The first-order valence-corrected chi connectivity index (χ1v) is 8.58. The van der Waals surface area contributed by atoms with E-state index in [2.05, 4.69) is 10.6 Å². The molecule has 0 spiro atoms. The molecule has 27 heavy (non-hydrogen) atoms. The fraction of sp³-hybridized carbons (Fsp3) is 0.263. The molecule has 8 heteroatoms. The minimum Gasteiger partial charge on any atom is -0.495 e. The minimum absolute atomic E-state index is 0.0194. The third-order valence-electron chi connectivity index (χ3n) is 3.60. The average Bonchev–Trinajstić information content (AvgIpc) is 2.67. The van der Waals surface area contributed by atoms with E-state index in [9.17, 15) is 9.59 Å². The van der Waals surface area contributed by atoms with Crippen molar-refractivity contribution in [3.63, 3.8) is 0 Å². The summed E-state index contributed by atoms with van der Waals surface area (Å²) in [4.78, 5) is 23.8. The number of carbonyl (C=O) groups excluding carboxylic acids is 2. The molecule has 0 fully saturated rings. The Labute approximate surface area is 162 Å². The second-order valence-corrected chi connectivity index (χ2v) is 5.79. The summed E-state index contributed by atoms with van der Waals surface area (Å²) in [5, 5.41) is 6.06. The summed E-state index contributed by atoms with van der Waals surface area (Å²) in [7, 11) is 2.98. The van der Waals surface area contributed by atoms with E-state index in [1.165, 1.54) is 14.2 Å². The second kappa shape index (κ2) is 9.68. The molecule has 2 aromatic carbocycles. The van der Waals surface area contributed by atoms with Gasteiger partial charge in [-0.25, -0.2) is 4.79 Å². The standard InChI is InChI=1S/C19H21ClN2O5/c1-4-27-19(24)12-5-7-13(8-6-12)21-11-18(23)22-15-9-14(20)16(25-2)10-17(15)26-3/h5-10,21H,4,11H2,1-3H3,(H,22,23). The first kappa shape index (κ1) is 20.4. The van der Waals surface area contributed by atoms with E-state index in [4.69, 9.17) is 25.8 Å². The molecule has 144 valence electrons. The molecule has 0 radical (unpaired) electrons. The number of rotatable bonds is 8. The van der Waals surface area contributed by atoms with Gasteiger partial charge in [-0.15, -0.1) is 0 Å². The lowest BCUT2D eigenvalue weighted by atomic mass is 10.2. The number of hydrogen-bond donors (Lipinski definition) is 2. The van der Waals surface area contributed by atoms with Crippen LogP contribution in [0.25, 0.3) is 0 Å². The van der Waals surface area contributed by atoms with Crippen molar-refractivity contribution in [1.82, 2.24) is 0 Å². The van der Waals surface area contributed by atoms with Crippen molar-refractivity contribution in [1.29, 1.82) is 0 Å². The van der Waals surface area contributed by atoms with Gasteiger partial charge in [-0.05, 0) is 37.3 Å². The number of amides is 1. The van der Waals surface area contributed by atoms with E-state index in [-0.39, 0.29) is 18.4 Å². The third kappa shape index (κ3) is 5.52. The van der Waals surface area contributed by atoms with Gasteiger partial charge in [0.2, 0.25) is 5.91 Å². The Hall–Kier alpha value is -2.93. The fourth-order valence-electron chi connectivity index (χ4n) is 2.27. The van der Waals surface area contributed by atoms with Crippen LogP contribution in [0, 0.1) is 0 Å². The number of ether oxygens (including phenoxy) is 3. The van der Waals surface area contributed by atoms with Crippen LogP contribution in [0.15, 0.2) is 36.4 Å². The van der Waals surface area contributed by atoms with Gasteiger partial charge < -0.3 is 24.8 Å². The van der Waals surface area contributed by atoms with Crippen LogP contribution in [0.4, 0.5) is 11.4 Å². The summed E-state index contributed by atoms with van der Waals surface area (Å²) in [5.41, 5.74) is 1.58. The Morgan fingerprint density at radius 1 is 1.04 bits per heavy atom. The molecule has 0 saturated heterocycles. The predicted octanol–water partition coefficient (Wildman–Crippen LogP) is 3.58. The average molecular weight is 393 g/mol. The molecule has 0 atom stereocenters. The molecule has 2 N–H and O–H groups in total. The van der Waals surface area contributed by atoms with Crippen molar-refractivity contribution >= 4 is 34.9 Å². The maximum Gasteiger partial charge on any atom is 0.338 e. The van der Waals surface area contributed by atoms with Crippen LogP contribution in [-0.4, -0.2) is 39.2 Å². The molecule has 7 nitrogen and oxygen atoms in total. The zero-order valence-electron chi connectivity index (χ0n) is 15.3. The molecule has 0 heterocycles. The topological polar surface area (TPSA) is 85.9 Å². The van der Waals surface area contributed by atoms with E-state index >= 15 is 0 Å². The van der Waals surface area contributed by atoms with Crippen LogP contribution < -0.4 is 20.1 Å². The number of benzene rings is 2. The van der Waals surface area contributed by atoms with Crippen LogP contribution >= 0.6 is 11.6 Å². The molecule has 0 saturated carbocycles. The minimum atomic E-state index is -0.384. The zero-order valence-corrected chi connectivity index (χ0v) is 16.1. The Morgan fingerprint density at radius 3 is 2.30 bits per heavy atom. The molecule has 2 rings (SSSR count). The highest BCUT2D eigenvalue weighted by Gasteiger charge is 2.12. The van der Waals surface area contributed by atoms with Crippen molar-refractivity contribution in [2.75, 3.05) is 38.0 Å². The van der Waals surface area contributed by atoms with Gasteiger partial charge in [0.15, 0.2) is 0 Å². The molecule has 0 unspecified atom stereocenters. The zero-order chi connectivity index (χ0) is 19.8. The smallest absolute Gasteiger partial charge is 0.338 e. The van der Waals surface area contributed by atoms with Gasteiger partial charge >= 0.3 is 5.97 Å². The summed E-state index contributed by atoms with van der Waals surface area (Å²) < 4.78 is 15.3. The van der Waals surface area contributed by atoms with Crippen LogP contribution in [0.5, 0.6) is 11.5 Å². The fourth-order valence-corrected chi connectivity index (χ4v) is 2.51. The molecular formula is C19H21ClN2O5. The highest BCUT2D eigenvalue weighted by atomic mass is 35.5.